The molecule has 0 radical (unpaired) electrons. The van der Waals surface area contributed by atoms with Crippen LogP contribution in [0.15, 0.2) is 81.0 Å². The van der Waals surface area contributed by atoms with Gasteiger partial charge in [-0.1, -0.05) is 45.9 Å². The number of nitro benzene ring substituents is 1. The first-order valence-corrected chi connectivity index (χ1v) is 10.3. The van der Waals surface area contributed by atoms with Crippen molar-refractivity contribution in [1.29, 1.82) is 0 Å². The van der Waals surface area contributed by atoms with E-state index in [0.717, 1.165) is 27.0 Å². The number of carbonyl (C=O) groups excluding carboxylic acids is 1. The predicted octanol–water partition coefficient (Wildman–Crippen LogP) is 5.71. The maximum absolute atomic E-state index is 13.0. The molecule has 0 bridgehead atoms. The van der Waals surface area contributed by atoms with Gasteiger partial charge in [-0.3, -0.25) is 14.9 Å². The lowest BCUT2D eigenvalue weighted by Gasteiger charge is -2.17. The van der Waals surface area contributed by atoms with Crippen LogP contribution in [-0.4, -0.2) is 17.4 Å². The monoisotopic (exact) mass is 454 g/mol. The van der Waals surface area contributed by atoms with E-state index >= 15 is 0 Å². The largest absolute Gasteiger partial charge is 0.308 e. The molecule has 0 atom stereocenters. The first-order chi connectivity index (χ1) is 13.5. The van der Waals surface area contributed by atoms with Gasteiger partial charge >= 0.3 is 0 Å². The van der Waals surface area contributed by atoms with E-state index < -0.39 is 4.92 Å². The molecule has 0 spiro atoms. The number of anilines is 1. The summed E-state index contributed by atoms with van der Waals surface area (Å²) < 4.78 is 0.943. The van der Waals surface area contributed by atoms with Crippen LogP contribution in [0.2, 0.25) is 0 Å². The number of hydrogen-bond donors (Lipinski definition) is 0. The van der Waals surface area contributed by atoms with E-state index in [1.807, 2.05) is 48.5 Å². The van der Waals surface area contributed by atoms with Crippen LogP contribution >= 0.6 is 27.7 Å². The fraction of sp³-hybridized carbons (Fsp3) is 0.0952. The van der Waals surface area contributed by atoms with Crippen molar-refractivity contribution in [3.05, 3.63) is 92.4 Å². The average Bonchev–Trinajstić information content (AvgIpc) is 3.13. The smallest absolute Gasteiger partial charge is 0.284 e. The number of hydrogen-bond acceptors (Lipinski definition) is 4. The van der Waals surface area contributed by atoms with E-state index in [9.17, 15) is 14.9 Å². The molecule has 1 aliphatic rings. The van der Waals surface area contributed by atoms with Crippen LogP contribution in [0.4, 0.5) is 11.4 Å². The Labute approximate surface area is 174 Å². The lowest BCUT2D eigenvalue weighted by Crippen LogP contribution is -2.28. The second-order valence-corrected chi connectivity index (χ2v) is 8.36. The molecule has 7 heteroatoms. The summed E-state index contributed by atoms with van der Waals surface area (Å²) in [7, 11) is 0. The molecule has 1 heterocycles. The minimum atomic E-state index is -0.435. The SMILES string of the molecule is O=C(c1ccc(Sc2ccc(Br)cc2)c([N+](=O)[O-])c1)N1CCc2ccccc21. The Bertz CT molecular complexity index is 1070. The number of nitrogens with zero attached hydrogens (tertiary/aromatic N) is 2. The fourth-order valence-corrected chi connectivity index (χ4v) is 4.38. The Hall–Kier alpha value is -2.64. The predicted molar refractivity (Wildman–Crippen MR) is 113 cm³/mol. The van der Waals surface area contributed by atoms with Crippen molar-refractivity contribution >= 4 is 45.0 Å². The molecular weight excluding hydrogens is 440 g/mol. The molecule has 4 rings (SSSR count). The summed E-state index contributed by atoms with van der Waals surface area (Å²) in [6.45, 7) is 0.585. The van der Waals surface area contributed by atoms with Gasteiger partial charge in [0, 0.05) is 33.2 Å². The van der Waals surface area contributed by atoms with Gasteiger partial charge in [-0.2, -0.15) is 0 Å². The second kappa shape index (κ2) is 7.77. The Kier molecular flexibility index (Phi) is 5.19. The lowest BCUT2D eigenvalue weighted by atomic mass is 10.1. The maximum atomic E-state index is 13.0. The molecule has 1 amide bonds. The molecule has 1 aliphatic heterocycles. The summed E-state index contributed by atoms with van der Waals surface area (Å²) in [6, 6.07) is 20.0. The number of para-hydroxylation sites is 1. The Morgan fingerprint density at radius 2 is 1.82 bits per heavy atom. The van der Waals surface area contributed by atoms with E-state index in [2.05, 4.69) is 15.9 Å². The molecule has 0 saturated heterocycles. The number of carbonyl (C=O) groups is 1. The highest BCUT2D eigenvalue weighted by atomic mass is 79.9. The number of halogens is 1. The standard InChI is InChI=1S/C21H15BrN2O3S/c22-16-6-8-17(9-7-16)28-20-10-5-15(13-19(20)24(26)27)21(25)23-12-11-14-3-1-2-4-18(14)23/h1-10,13H,11-12H2. The number of fused-ring (bicyclic) bond motifs is 1. The third-order valence-corrected chi connectivity index (χ3v) is 6.18. The van der Waals surface area contributed by atoms with Crippen LogP contribution in [0.1, 0.15) is 15.9 Å². The van der Waals surface area contributed by atoms with Crippen molar-refractivity contribution in [3.63, 3.8) is 0 Å². The number of nitro groups is 1. The summed E-state index contributed by atoms with van der Waals surface area (Å²) in [5.41, 5.74) is 2.26. The molecule has 0 aromatic heterocycles. The summed E-state index contributed by atoms with van der Waals surface area (Å²) >= 11 is 4.68. The molecule has 0 aliphatic carbocycles. The minimum Gasteiger partial charge on any atom is -0.308 e. The van der Waals surface area contributed by atoms with Crippen LogP contribution in [0.5, 0.6) is 0 Å². The average molecular weight is 455 g/mol. The molecule has 3 aromatic carbocycles. The highest BCUT2D eigenvalue weighted by Gasteiger charge is 2.27. The van der Waals surface area contributed by atoms with E-state index in [4.69, 9.17) is 0 Å². The van der Waals surface area contributed by atoms with Gasteiger partial charge in [0.25, 0.3) is 11.6 Å². The molecule has 0 N–H and O–H groups in total. The van der Waals surface area contributed by atoms with Crippen molar-refractivity contribution < 1.29 is 9.72 Å². The number of amides is 1. The summed E-state index contributed by atoms with van der Waals surface area (Å²) in [5.74, 6) is -0.215. The zero-order valence-corrected chi connectivity index (χ0v) is 17.1. The zero-order chi connectivity index (χ0) is 19.7. The van der Waals surface area contributed by atoms with Crippen LogP contribution in [0, 0.1) is 10.1 Å². The molecule has 0 saturated carbocycles. The normalized spacial score (nSPS) is 12.7. The second-order valence-electron chi connectivity index (χ2n) is 6.33. The maximum Gasteiger partial charge on any atom is 0.284 e. The Morgan fingerprint density at radius 3 is 2.57 bits per heavy atom. The van der Waals surface area contributed by atoms with Gasteiger partial charge in [0.2, 0.25) is 0 Å². The van der Waals surface area contributed by atoms with Crippen LogP contribution in [-0.2, 0) is 6.42 Å². The van der Waals surface area contributed by atoms with Crippen molar-refractivity contribution in [1.82, 2.24) is 0 Å². The van der Waals surface area contributed by atoms with Crippen LogP contribution in [0.3, 0.4) is 0 Å². The molecule has 3 aromatic rings. The van der Waals surface area contributed by atoms with Crippen molar-refractivity contribution in [2.75, 3.05) is 11.4 Å². The van der Waals surface area contributed by atoms with Gasteiger partial charge in [0.05, 0.1) is 9.82 Å². The number of benzene rings is 3. The third kappa shape index (κ3) is 3.68. The first-order valence-electron chi connectivity index (χ1n) is 8.64. The van der Waals surface area contributed by atoms with Gasteiger partial charge in [0.15, 0.2) is 0 Å². The molecule has 140 valence electrons. The minimum absolute atomic E-state index is 0.0637. The molecule has 0 unspecified atom stereocenters. The lowest BCUT2D eigenvalue weighted by molar-refractivity contribution is -0.387. The van der Waals surface area contributed by atoms with Gasteiger partial charge in [-0.25, -0.2) is 0 Å². The Morgan fingerprint density at radius 1 is 1.07 bits per heavy atom. The van der Waals surface area contributed by atoms with Gasteiger partial charge in [0.1, 0.15) is 0 Å². The van der Waals surface area contributed by atoms with Gasteiger partial charge in [-0.05, 0) is 54.4 Å². The van der Waals surface area contributed by atoms with E-state index in [1.165, 1.54) is 17.8 Å². The van der Waals surface area contributed by atoms with Crippen LogP contribution in [0.25, 0.3) is 0 Å². The third-order valence-electron chi connectivity index (χ3n) is 4.58. The van der Waals surface area contributed by atoms with Crippen molar-refractivity contribution in [2.24, 2.45) is 0 Å². The van der Waals surface area contributed by atoms with Gasteiger partial charge in [-0.15, -0.1) is 0 Å². The van der Waals surface area contributed by atoms with Crippen LogP contribution < -0.4 is 4.90 Å². The first kappa shape index (κ1) is 18.7. The molecule has 0 fully saturated rings. The zero-order valence-electron chi connectivity index (χ0n) is 14.7. The highest BCUT2D eigenvalue weighted by Crippen LogP contribution is 2.37. The fourth-order valence-electron chi connectivity index (χ4n) is 3.21. The van der Waals surface area contributed by atoms with Gasteiger partial charge < -0.3 is 4.90 Å². The molecular formula is C21H15BrN2O3S. The topological polar surface area (TPSA) is 63.4 Å². The molecule has 28 heavy (non-hydrogen) atoms. The summed E-state index contributed by atoms with van der Waals surface area (Å²) in [4.78, 5) is 27.3. The highest BCUT2D eigenvalue weighted by molar-refractivity contribution is 9.10. The molecule has 5 nitrogen and oxygen atoms in total. The summed E-state index contributed by atoms with van der Waals surface area (Å²) in [5, 5.41) is 11.6. The van der Waals surface area contributed by atoms with E-state index in [0.29, 0.717) is 17.0 Å². The Balaban J connectivity index is 1.64. The van der Waals surface area contributed by atoms with Crippen molar-refractivity contribution in [3.8, 4) is 0 Å². The summed E-state index contributed by atoms with van der Waals surface area (Å²) in [6.07, 6.45) is 0.793. The van der Waals surface area contributed by atoms with Crippen molar-refractivity contribution in [2.45, 2.75) is 16.2 Å². The van der Waals surface area contributed by atoms with E-state index in [-0.39, 0.29) is 11.6 Å². The number of rotatable bonds is 4. The quantitative estimate of drug-likeness (QED) is 0.373. The van der Waals surface area contributed by atoms with E-state index in [1.54, 1.807) is 17.0 Å².